The van der Waals surface area contributed by atoms with Crippen molar-refractivity contribution in [3.8, 4) is 0 Å². The van der Waals surface area contributed by atoms with Crippen LogP contribution in [0.15, 0.2) is 30.3 Å². The molecule has 0 aliphatic rings. The van der Waals surface area contributed by atoms with Gasteiger partial charge in [0, 0.05) is 172 Å². The Morgan fingerprint density at radius 1 is 0.418 bits per heavy atom. The molecule has 0 aliphatic carbocycles. The second-order valence-corrected chi connectivity index (χ2v) is 35.3. The van der Waals surface area contributed by atoms with Gasteiger partial charge in [-0.05, 0) is 79.2 Å². The number of carbonyl (C=O) groups is 8. The number of ketones is 3. The van der Waals surface area contributed by atoms with Gasteiger partial charge in [0.05, 0.1) is 25.7 Å². The Balaban J connectivity index is -0.000000521. The molecular formula is C55H109N5O25SSi5. The van der Waals surface area contributed by atoms with E-state index in [9.17, 15) is 48.5 Å². The summed E-state index contributed by atoms with van der Waals surface area (Å²) in [6, 6.07) is 12.8. The molecule has 0 atom stereocenters. The van der Waals surface area contributed by atoms with E-state index in [0.717, 1.165) is 18.4 Å². The normalized spacial score (nSPS) is 11.4. The van der Waals surface area contributed by atoms with Crippen LogP contribution in [0.4, 0.5) is 0 Å². The van der Waals surface area contributed by atoms with Crippen LogP contribution in [0.1, 0.15) is 98.5 Å². The molecular weight excluding hydrogens is 1300 g/mol. The van der Waals surface area contributed by atoms with E-state index in [1.807, 2.05) is 51.1 Å². The maximum absolute atomic E-state index is 11.8. The largest absolute Gasteiger partial charge is 0.500 e. The molecule has 4 amide bonds. The highest BCUT2D eigenvalue weighted by Gasteiger charge is 2.41. The molecule has 1 rings (SSSR count). The van der Waals surface area contributed by atoms with Crippen LogP contribution in [-0.2, 0) is 111 Å². The molecule has 530 valence electrons. The Kier molecular flexibility index (Phi) is 59.0. The Bertz CT molecular complexity index is 1970. The van der Waals surface area contributed by atoms with Crippen LogP contribution in [0.2, 0.25) is 30.2 Å². The number of carbonyl (C=O) groups excluding carboxylic acids is 8. The highest BCUT2D eigenvalue weighted by atomic mass is 32.2. The smallest absolute Gasteiger partial charge is 0.377 e. The second kappa shape index (κ2) is 57.5. The standard InChI is InChI=1S/C14H23NO4Si.C13H27NO5Si.C10H21NO5Si.C10H20O5SSi.C8H18N2O6Si/c1-17-20(18-2,19-3)11-7-10-15-14(16)12-13-8-5-4-6-9-13;1-5-17-20(18-6-2,19-7-3)10-8-9-14-13(16)11-12(4)15;1-9(12)8-10(13)11-6-5-7-17(14-2,15-3)16-4;1-9(11)8-10(12)16-6-5-7-17(13-2,14-3)15-4;1-14-17(15-2,16-3)6-4-5-9-8(11)7-10(12)13/h4-6,8-9H,7,10-12H2,1-3H3,(H,15,16);5-11H2,1-4H3,(H,14,16);5-8H2,1-4H3,(H,11,13);5-8H2,1-4H3;4-7H2,1-3H3,(H,9,11). The minimum Gasteiger partial charge on any atom is -0.377 e. The van der Waals surface area contributed by atoms with Gasteiger partial charge in [0.1, 0.15) is 17.3 Å². The number of thioether (sulfide) groups is 1. The molecule has 4 N–H and O–H groups in total. The first-order valence-electron chi connectivity index (χ1n) is 29.5. The summed E-state index contributed by atoms with van der Waals surface area (Å²) in [5.74, 6) is -0.800. The Hall–Kier alpha value is -3.99. The number of nitrogens with one attached hydrogen (secondary N) is 4. The summed E-state index contributed by atoms with van der Waals surface area (Å²) >= 11 is 1.17. The summed E-state index contributed by atoms with van der Waals surface area (Å²) in [5.41, 5.74) is 1.01. The molecule has 1 aromatic rings. The first-order valence-corrected chi connectivity index (χ1v) is 40.2. The van der Waals surface area contributed by atoms with Crippen molar-refractivity contribution in [3.63, 3.8) is 0 Å². The fourth-order valence-electron chi connectivity index (χ4n) is 7.68. The van der Waals surface area contributed by atoms with Gasteiger partial charge in [0.15, 0.2) is 5.12 Å². The molecule has 91 heavy (non-hydrogen) atoms. The van der Waals surface area contributed by atoms with E-state index in [-0.39, 0.29) is 59.4 Å². The SMILES string of the molecule is CCO[Si](CCCNC(=O)CC(C)=O)(OCC)OCC.CO[Si](CCCNC(=O)CC(C)=O)(OC)OC.CO[Si](CCCNC(=O)C[N+](=O)[O-])(OC)OC.CO[Si](CCCNC(=O)Cc1ccccc1)(OC)OC.CO[Si](CCCSC(=O)CC(C)=O)(OC)OC. The monoisotopic (exact) mass is 1410 g/mol. The predicted molar refractivity (Wildman–Crippen MR) is 352 cm³/mol. The number of hydrogen-bond donors (Lipinski definition) is 4. The summed E-state index contributed by atoms with van der Waals surface area (Å²) < 4.78 is 80.1. The van der Waals surface area contributed by atoms with E-state index in [4.69, 9.17) is 66.4 Å². The first kappa shape index (κ1) is 93.4. The molecule has 0 unspecified atom stereocenters. The summed E-state index contributed by atoms with van der Waals surface area (Å²) in [7, 11) is 5.83. The lowest BCUT2D eigenvalue weighted by molar-refractivity contribution is -0.467. The maximum Gasteiger partial charge on any atom is 0.500 e. The quantitative estimate of drug-likeness (QED) is 0.0227. The molecule has 0 aliphatic heterocycles. The zero-order chi connectivity index (χ0) is 70.2. The highest BCUT2D eigenvalue weighted by molar-refractivity contribution is 8.13. The Morgan fingerprint density at radius 3 is 0.989 bits per heavy atom. The Morgan fingerprint density at radius 2 is 0.703 bits per heavy atom. The molecule has 1 aromatic carbocycles. The average Bonchev–Trinajstić information content (AvgIpc) is 2.75. The van der Waals surface area contributed by atoms with Crippen LogP contribution >= 0.6 is 11.8 Å². The fraction of sp³-hybridized carbons (Fsp3) is 0.745. The molecule has 0 fully saturated rings. The van der Waals surface area contributed by atoms with Crippen LogP contribution in [0, 0.1) is 10.1 Å². The Labute approximate surface area is 549 Å². The van der Waals surface area contributed by atoms with Crippen molar-refractivity contribution in [2.75, 3.05) is 144 Å². The number of rotatable bonds is 48. The van der Waals surface area contributed by atoms with Crippen LogP contribution in [0.25, 0.3) is 0 Å². The molecule has 0 saturated carbocycles. The number of benzene rings is 1. The number of Topliss-reactive ketones (excluding diaryl/α,β-unsaturated/α-hetero) is 3. The van der Waals surface area contributed by atoms with E-state index in [0.29, 0.717) is 108 Å². The maximum atomic E-state index is 11.8. The lowest BCUT2D eigenvalue weighted by Crippen LogP contribution is -2.46. The minimum atomic E-state index is -2.62. The predicted octanol–water partition coefficient (Wildman–Crippen LogP) is 4.62. The fourth-order valence-corrected chi connectivity index (χ4v) is 18.3. The van der Waals surface area contributed by atoms with Gasteiger partial charge in [0.25, 0.3) is 12.5 Å². The molecule has 0 radical (unpaired) electrons. The van der Waals surface area contributed by atoms with Crippen molar-refractivity contribution < 1.29 is 110 Å². The van der Waals surface area contributed by atoms with Crippen molar-refractivity contribution >= 4 is 102 Å². The third-order valence-corrected chi connectivity index (χ3v) is 27.8. The lowest BCUT2D eigenvalue weighted by atomic mass is 10.1. The zero-order valence-electron chi connectivity index (χ0n) is 57.2. The molecule has 0 heterocycles. The van der Waals surface area contributed by atoms with Crippen LogP contribution < -0.4 is 21.3 Å². The van der Waals surface area contributed by atoms with Crippen LogP contribution in [0.5, 0.6) is 0 Å². The summed E-state index contributed by atoms with van der Waals surface area (Å²) in [5, 5.41) is 20.6. The number of nitrogens with zero attached hydrogens (tertiary/aromatic N) is 1. The summed E-state index contributed by atoms with van der Waals surface area (Å²) in [6.45, 7) is 12.8. The molecule has 0 aromatic heterocycles. The van der Waals surface area contributed by atoms with Gasteiger partial charge < -0.3 is 87.7 Å². The average molecular weight is 1410 g/mol. The lowest BCUT2D eigenvalue weighted by Gasteiger charge is -2.28. The van der Waals surface area contributed by atoms with Gasteiger partial charge in [-0.15, -0.1) is 0 Å². The summed E-state index contributed by atoms with van der Waals surface area (Å²) in [4.78, 5) is 98.0. The van der Waals surface area contributed by atoms with Gasteiger partial charge in [-0.3, -0.25) is 48.5 Å². The first-order chi connectivity index (χ1) is 43.1. The van der Waals surface area contributed by atoms with E-state index in [1.165, 1.54) is 53.9 Å². The van der Waals surface area contributed by atoms with Crippen LogP contribution in [0.3, 0.4) is 0 Å². The van der Waals surface area contributed by atoms with Gasteiger partial charge in [0.2, 0.25) is 17.7 Å². The van der Waals surface area contributed by atoms with Gasteiger partial charge >= 0.3 is 44.0 Å². The van der Waals surface area contributed by atoms with E-state index in [2.05, 4.69) is 21.3 Å². The third kappa shape index (κ3) is 48.4. The van der Waals surface area contributed by atoms with Crippen molar-refractivity contribution in [2.45, 2.75) is 130 Å². The van der Waals surface area contributed by atoms with Gasteiger partial charge in [-0.25, -0.2) is 0 Å². The number of nitro groups is 1. The summed E-state index contributed by atoms with van der Waals surface area (Å²) in [6.07, 6.45) is 3.77. The number of amides is 4. The molecule has 30 nitrogen and oxygen atoms in total. The molecule has 0 spiro atoms. The van der Waals surface area contributed by atoms with Crippen molar-refractivity contribution in [2.24, 2.45) is 0 Å². The van der Waals surface area contributed by atoms with Crippen LogP contribution in [-0.4, -0.2) is 239 Å². The van der Waals surface area contributed by atoms with Crippen molar-refractivity contribution in [1.82, 2.24) is 21.3 Å². The van der Waals surface area contributed by atoms with Gasteiger partial charge in [-0.2, -0.15) is 0 Å². The molecule has 0 bridgehead atoms. The molecule has 0 saturated heterocycles. The van der Waals surface area contributed by atoms with Crippen molar-refractivity contribution in [3.05, 3.63) is 46.0 Å². The van der Waals surface area contributed by atoms with E-state index in [1.54, 1.807) is 64.0 Å². The third-order valence-electron chi connectivity index (χ3n) is 12.3. The zero-order valence-corrected chi connectivity index (χ0v) is 63.0. The van der Waals surface area contributed by atoms with Gasteiger partial charge in [-0.1, -0.05) is 42.1 Å². The van der Waals surface area contributed by atoms with E-state index >= 15 is 0 Å². The highest BCUT2D eigenvalue weighted by Crippen LogP contribution is 2.20. The topological polar surface area (TPSA) is 366 Å². The van der Waals surface area contributed by atoms with E-state index < -0.39 is 61.4 Å². The minimum absolute atomic E-state index is 0.00602. The molecule has 36 heteroatoms. The second-order valence-electron chi connectivity index (χ2n) is 19.1. The number of hydrogen-bond acceptors (Lipinski definition) is 26. The van der Waals surface area contributed by atoms with Crippen molar-refractivity contribution in [1.29, 1.82) is 0 Å².